The van der Waals surface area contributed by atoms with Gasteiger partial charge in [-0.05, 0) is 48.9 Å². The molecule has 2 amide bonds. The number of hydrogen-bond acceptors (Lipinski definition) is 4. The maximum atomic E-state index is 13.6. The Morgan fingerprint density at radius 2 is 1.72 bits per heavy atom. The van der Waals surface area contributed by atoms with Gasteiger partial charge >= 0.3 is 0 Å². The predicted octanol–water partition coefficient (Wildman–Crippen LogP) is 3.73. The van der Waals surface area contributed by atoms with Gasteiger partial charge in [0.15, 0.2) is 6.61 Å². The molecule has 0 aliphatic carbocycles. The van der Waals surface area contributed by atoms with E-state index in [1.165, 1.54) is 18.2 Å². The molecule has 0 fully saturated rings. The Labute approximate surface area is 167 Å². The molecule has 0 radical (unpaired) electrons. The summed E-state index contributed by atoms with van der Waals surface area (Å²) in [5.74, 6) is -1.14. The molecule has 0 saturated carbocycles. The van der Waals surface area contributed by atoms with Crippen molar-refractivity contribution in [1.82, 2.24) is 10.3 Å². The van der Waals surface area contributed by atoms with E-state index in [2.05, 4.69) is 15.6 Å². The van der Waals surface area contributed by atoms with Gasteiger partial charge in [-0.1, -0.05) is 24.3 Å². The highest BCUT2D eigenvalue weighted by molar-refractivity contribution is 5.97. The fraction of sp³-hybridized carbons (Fsp3) is 0.136. The van der Waals surface area contributed by atoms with Gasteiger partial charge in [-0.2, -0.15) is 0 Å². The summed E-state index contributed by atoms with van der Waals surface area (Å²) in [6, 6.07) is 15.9. The molecule has 1 atom stereocenters. The van der Waals surface area contributed by atoms with Crippen molar-refractivity contribution >= 4 is 17.5 Å². The van der Waals surface area contributed by atoms with Crippen LogP contribution in [0.25, 0.3) is 0 Å². The van der Waals surface area contributed by atoms with E-state index in [1.54, 1.807) is 42.7 Å². The van der Waals surface area contributed by atoms with Crippen LogP contribution in [-0.2, 0) is 4.79 Å². The number of amides is 2. The molecule has 2 aromatic carbocycles. The number of rotatable bonds is 7. The number of pyridine rings is 1. The first-order chi connectivity index (χ1) is 14.0. The maximum Gasteiger partial charge on any atom is 0.262 e. The average molecular weight is 393 g/mol. The third kappa shape index (κ3) is 5.38. The maximum absolute atomic E-state index is 13.6. The van der Waals surface area contributed by atoms with Gasteiger partial charge in [-0.15, -0.1) is 0 Å². The minimum Gasteiger partial charge on any atom is -0.483 e. The molecule has 2 N–H and O–H groups in total. The van der Waals surface area contributed by atoms with E-state index in [4.69, 9.17) is 4.74 Å². The zero-order chi connectivity index (χ0) is 20.6. The second-order valence-electron chi connectivity index (χ2n) is 6.29. The molecule has 0 aliphatic heterocycles. The van der Waals surface area contributed by atoms with Crippen LogP contribution in [0.3, 0.4) is 0 Å². The third-order valence-electron chi connectivity index (χ3n) is 4.19. The number of carbonyl (C=O) groups is 2. The molecule has 1 aromatic heterocycles. The minimum atomic E-state index is -0.536. The van der Waals surface area contributed by atoms with E-state index in [0.29, 0.717) is 5.56 Å². The first kappa shape index (κ1) is 20.0. The lowest BCUT2D eigenvalue weighted by atomic mass is 10.1. The lowest BCUT2D eigenvalue weighted by Gasteiger charge is -2.16. The number of nitrogens with zero attached hydrogens (tertiary/aromatic N) is 1. The van der Waals surface area contributed by atoms with Gasteiger partial charge in [0.2, 0.25) is 0 Å². The van der Waals surface area contributed by atoms with Crippen molar-refractivity contribution in [3.8, 4) is 5.75 Å². The van der Waals surface area contributed by atoms with Crippen molar-refractivity contribution in [3.63, 3.8) is 0 Å². The SMILES string of the molecule is CC(NC(=O)c1ccccc1OCC(=O)Nc1ccccc1F)c1ccncc1. The molecule has 0 spiro atoms. The largest absolute Gasteiger partial charge is 0.483 e. The average Bonchev–Trinajstić information content (AvgIpc) is 2.74. The first-order valence-electron chi connectivity index (χ1n) is 9.01. The van der Waals surface area contributed by atoms with E-state index in [9.17, 15) is 14.0 Å². The van der Waals surface area contributed by atoms with Crippen LogP contribution in [0.4, 0.5) is 10.1 Å². The molecule has 3 rings (SSSR count). The summed E-state index contributed by atoms with van der Waals surface area (Å²) in [6.07, 6.45) is 3.31. The Morgan fingerprint density at radius 1 is 1.03 bits per heavy atom. The third-order valence-corrected chi connectivity index (χ3v) is 4.19. The van der Waals surface area contributed by atoms with E-state index in [0.717, 1.165) is 5.56 Å². The van der Waals surface area contributed by atoms with Crippen LogP contribution in [0.5, 0.6) is 5.75 Å². The molecule has 0 saturated heterocycles. The Bertz CT molecular complexity index is 995. The number of carbonyl (C=O) groups excluding carboxylic acids is 2. The highest BCUT2D eigenvalue weighted by atomic mass is 19.1. The lowest BCUT2D eigenvalue weighted by Crippen LogP contribution is -2.28. The molecule has 1 unspecified atom stereocenters. The molecular formula is C22H20FN3O3. The summed E-state index contributed by atoms with van der Waals surface area (Å²) >= 11 is 0. The Balaban J connectivity index is 1.63. The molecule has 148 valence electrons. The number of hydrogen-bond donors (Lipinski definition) is 2. The first-order valence-corrected chi connectivity index (χ1v) is 9.01. The molecule has 6 nitrogen and oxygen atoms in total. The predicted molar refractivity (Wildman–Crippen MR) is 107 cm³/mol. The van der Waals surface area contributed by atoms with Crippen LogP contribution in [0.2, 0.25) is 0 Å². The van der Waals surface area contributed by atoms with Crippen LogP contribution in [0, 0.1) is 5.82 Å². The van der Waals surface area contributed by atoms with Gasteiger partial charge in [0, 0.05) is 12.4 Å². The van der Waals surface area contributed by atoms with Crippen molar-refractivity contribution < 1.29 is 18.7 Å². The quantitative estimate of drug-likeness (QED) is 0.641. The molecule has 7 heteroatoms. The monoisotopic (exact) mass is 393 g/mol. The van der Waals surface area contributed by atoms with Crippen LogP contribution in [-0.4, -0.2) is 23.4 Å². The highest BCUT2D eigenvalue weighted by Gasteiger charge is 2.16. The van der Waals surface area contributed by atoms with Gasteiger partial charge < -0.3 is 15.4 Å². The molecule has 3 aromatic rings. The van der Waals surface area contributed by atoms with Crippen molar-refractivity contribution in [2.45, 2.75) is 13.0 Å². The van der Waals surface area contributed by atoms with E-state index < -0.39 is 11.7 Å². The minimum absolute atomic E-state index is 0.0679. The van der Waals surface area contributed by atoms with Gasteiger partial charge in [0.05, 0.1) is 17.3 Å². The number of anilines is 1. The van der Waals surface area contributed by atoms with Crippen LogP contribution < -0.4 is 15.4 Å². The second kappa shape index (κ2) is 9.45. The van der Waals surface area contributed by atoms with Crippen molar-refractivity contribution in [2.24, 2.45) is 0 Å². The standard InChI is InChI=1S/C22H20FN3O3/c1-15(16-10-12-24-13-11-16)25-22(28)17-6-2-5-9-20(17)29-14-21(27)26-19-8-4-3-7-18(19)23/h2-13,15H,14H2,1H3,(H,25,28)(H,26,27). The van der Waals surface area contributed by atoms with Gasteiger partial charge in [0.25, 0.3) is 11.8 Å². The summed E-state index contributed by atoms with van der Waals surface area (Å²) in [6.45, 7) is 1.50. The number of nitrogens with one attached hydrogen (secondary N) is 2. The Morgan fingerprint density at radius 3 is 2.48 bits per heavy atom. The van der Waals surface area contributed by atoms with Gasteiger partial charge in [0.1, 0.15) is 11.6 Å². The van der Waals surface area contributed by atoms with E-state index in [-0.39, 0.29) is 30.0 Å². The summed E-state index contributed by atoms with van der Waals surface area (Å²) in [4.78, 5) is 28.7. The molecule has 29 heavy (non-hydrogen) atoms. The van der Waals surface area contributed by atoms with E-state index >= 15 is 0 Å². The van der Waals surface area contributed by atoms with Crippen molar-refractivity contribution in [2.75, 3.05) is 11.9 Å². The number of benzene rings is 2. The number of para-hydroxylation sites is 2. The van der Waals surface area contributed by atoms with Crippen LogP contribution >= 0.6 is 0 Å². The summed E-state index contributed by atoms with van der Waals surface area (Å²) in [7, 11) is 0. The fourth-order valence-electron chi connectivity index (χ4n) is 2.68. The summed E-state index contributed by atoms with van der Waals surface area (Å²) in [5.41, 5.74) is 1.28. The zero-order valence-corrected chi connectivity index (χ0v) is 15.8. The lowest BCUT2D eigenvalue weighted by molar-refractivity contribution is -0.118. The smallest absolute Gasteiger partial charge is 0.262 e. The topological polar surface area (TPSA) is 80.3 Å². The number of ether oxygens (including phenoxy) is 1. The summed E-state index contributed by atoms with van der Waals surface area (Å²) in [5, 5.41) is 5.33. The molecular weight excluding hydrogens is 373 g/mol. The molecule has 0 bridgehead atoms. The van der Waals surface area contributed by atoms with Crippen LogP contribution in [0.1, 0.15) is 28.9 Å². The Kier molecular flexibility index (Phi) is 6.52. The Hall–Kier alpha value is -3.74. The number of aromatic nitrogens is 1. The zero-order valence-electron chi connectivity index (χ0n) is 15.8. The van der Waals surface area contributed by atoms with Gasteiger partial charge in [-0.3, -0.25) is 14.6 Å². The molecule has 1 heterocycles. The van der Waals surface area contributed by atoms with Crippen molar-refractivity contribution in [1.29, 1.82) is 0 Å². The molecule has 0 aliphatic rings. The number of halogens is 1. The normalized spacial score (nSPS) is 11.4. The van der Waals surface area contributed by atoms with E-state index in [1.807, 2.05) is 19.1 Å². The summed E-state index contributed by atoms with van der Waals surface area (Å²) < 4.78 is 19.1. The van der Waals surface area contributed by atoms with Crippen molar-refractivity contribution in [3.05, 3.63) is 90.0 Å². The van der Waals surface area contributed by atoms with Crippen LogP contribution in [0.15, 0.2) is 73.1 Å². The second-order valence-corrected chi connectivity index (χ2v) is 6.29. The fourth-order valence-corrected chi connectivity index (χ4v) is 2.68. The van der Waals surface area contributed by atoms with Gasteiger partial charge in [-0.25, -0.2) is 4.39 Å². The highest BCUT2D eigenvalue weighted by Crippen LogP contribution is 2.20.